The van der Waals surface area contributed by atoms with Gasteiger partial charge in [0.25, 0.3) is 0 Å². The van der Waals surface area contributed by atoms with Crippen molar-refractivity contribution in [3.63, 3.8) is 0 Å². The molecule has 1 aliphatic carbocycles. The van der Waals surface area contributed by atoms with Crippen LogP contribution in [0.3, 0.4) is 0 Å². The molecule has 0 spiro atoms. The van der Waals surface area contributed by atoms with Gasteiger partial charge in [0.1, 0.15) is 5.75 Å². The van der Waals surface area contributed by atoms with Gasteiger partial charge < -0.3 is 4.74 Å². The minimum Gasteiger partial charge on any atom is -0.406 e. The second kappa shape index (κ2) is 9.14. The predicted octanol–water partition coefficient (Wildman–Crippen LogP) is 6.68. The highest BCUT2D eigenvalue weighted by atomic mass is 19.4. The Labute approximate surface area is 142 Å². The van der Waals surface area contributed by atoms with E-state index in [0.717, 1.165) is 30.2 Å². The van der Waals surface area contributed by atoms with Crippen molar-refractivity contribution in [2.24, 2.45) is 11.8 Å². The van der Waals surface area contributed by atoms with Gasteiger partial charge >= 0.3 is 6.36 Å². The molecule has 1 aliphatic rings. The highest BCUT2D eigenvalue weighted by Crippen LogP contribution is 2.33. The van der Waals surface area contributed by atoms with E-state index in [0.29, 0.717) is 0 Å². The van der Waals surface area contributed by atoms with Gasteiger partial charge in [-0.2, -0.15) is 0 Å². The van der Waals surface area contributed by atoms with E-state index < -0.39 is 6.36 Å². The van der Waals surface area contributed by atoms with Crippen molar-refractivity contribution < 1.29 is 17.9 Å². The van der Waals surface area contributed by atoms with Gasteiger partial charge in [-0.25, -0.2) is 0 Å². The topological polar surface area (TPSA) is 9.23 Å². The molecule has 0 aromatic heterocycles. The first-order chi connectivity index (χ1) is 11.5. The molecule has 1 nitrogen and oxygen atoms in total. The summed E-state index contributed by atoms with van der Waals surface area (Å²) in [7, 11) is 0. The zero-order valence-corrected chi connectivity index (χ0v) is 14.3. The van der Waals surface area contributed by atoms with Crippen molar-refractivity contribution in [3.05, 3.63) is 42.0 Å². The standard InChI is InChI=1S/C20H27F3O/c1-2-5-16-8-10-17(11-9-16)6-3-4-7-18-12-14-19(15-13-18)24-20(21,22)23/h3-4,12-17H,2,5-11H2,1H3/b4-3-. The lowest BCUT2D eigenvalue weighted by Gasteiger charge is -2.27. The summed E-state index contributed by atoms with van der Waals surface area (Å²) < 4.78 is 40.2. The lowest BCUT2D eigenvalue weighted by Crippen LogP contribution is -2.16. The summed E-state index contributed by atoms with van der Waals surface area (Å²) in [4.78, 5) is 0. The van der Waals surface area contributed by atoms with E-state index in [1.54, 1.807) is 12.1 Å². The Morgan fingerprint density at radius 1 is 1.00 bits per heavy atom. The molecule has 24 heavy (non-hydrogen) atoms. The van der Waals surface area contributed by atoms with Crippen LogP contribution in [0.4, 0.5) is 13.2 Å². The normalized spacial score (nSPS) is 22.0. The summed E-state index contributed by atoms with van der Waals surface area (Å²) in [5, 5.41) is 0. The number of allylic oxidation sites excluding steroid dienone is 2. The van der Waals surface area contributed by atoms with Crippen LogP contribution in [0.5, 0.6) is 5.75 Å². The maximum atomic E-state index is 12.1. The smallest absolute Gasteiger partial charge is 0.406 e. The van der Waals surface area contributed by atoms with Crippen LogP contribution in [-0.4, -0.2) is 6.36 Å². The van der Waals surface area contributed by atoms with Gasteiger partial charge in [0.05, 0.1) is 0 Å². The number of halogens is 3. The van der Waals surface area contributed by atoms with Crippen molar-refractivity contribution in [3.8, 4) is 5.75 Å². The highest BCUT2D eigenvalue weighted by Gasteiger charge is 2.30. The number of alkyl halides is 3. The first-order valence-corrected chi connectivity index (χ1v) is 8.96. The van der Waals surface area contributed by atoms with E-state index >= 15 is 0 Å². The number of rotatable bonds is 7. The van der Waals surface area contributed by atoms with Crippen LogP contribution in [-0.2, 0) is 6.42 Å². The summed E-state index contributed by atoms with van der Waals surface area (Å²) in [6.45, 7) is 2.26. The molecule has 0 heterocycles. The van der Waals surface area contributed by atoms with Gasteiger partial charge in [0, 0.05) is 0 Å². The number of hydrogen-bond acceptors (Lipinski definition) is 1. The van der Waals surface area contributed by atoms with Crippen LogP contribution in [0, 0.1) is 11.8 Å². The third-order valence-corrected chi connectivity index (χ3v) is 4.81. The Kier molecular flexibility index (Phi) is 7.19. The SMILES string of the molecule is CCCC1CCC(C/C=C\Cc2ccc(OC(F)(F)F)cc2)CC1. The third-order valence-electron chi connectivity index (χ3n) is 4.81. The van der Waals surface area contributed by atoms with Crippen LogP contribution in [0.2, 0.25) is 0 Å². The van der Waals surface area contributed by atoms with Gasteiger partial charge in [-0.1, -0.05) is 56.9 Å². The molecule has 1 aromatic rings. The number of benzene rings is 1. The van der Waals surface area contributed by atoms with E-state index in [9.17, 15) is 13.2 Å². The average molecular weight is 340 g/mol. The van der Waals surface area contributed by atoms with Crippen LogP contribution < -0.4 is 4.74 Å². The summed E-state index contributed by atoms with van der Waals surface area (Å²) in [6.07, 6.45) is 9.65. The highest BCUT2D eigenvalue weighted by molar-refractivity contribution is 5.28. The van der Waals surface area contributed by atoms with E-state index in [4.69, 9.17) is 0 Å². The monoisotopic (exact) mass is 340 g/mol. The van der Waals surface area contributed by atoms with Crippen molar-refractivity contribution in [2.45, 2.75) is 64.7 Å². The summed E-state index contributed by atoms with van der Waals surface area (Å²) in [6, 6.07) is 6.10. The molecular formula is C20H27F3O. The molecule has 0 saturated heterocycles. The number of ether oxygens (including phenoxy) is 1. The molecule has 0 aliphatic heterocycles. The largest absolute Gasteiger partial charge is 0.573 e. The lowest BCUT2D eigenvalue weighted by molar-refractivity contribution is -0.274. The Hall–Kier alpha value is -1.45. The predicted molar refractivity (Wildman–Crippen MR) is 90.9 cm³/mol. The third kappa shape index (κ3) is 6.98. The Bertz CT molecular complexity index is 497. The lowest BCUT2D eigenvalue weighted by atomic mass is 9.79. The van der Waals surface area contributed by atoms with Gasteiger partial charge in [0.15, 0.2) is 0 Å². The van der Waals surface area contributed by atoms with Gasteiger partial charge in [-0.15, -0.1) is 13.2 Å². The molecule has 0 unspecified atom stereocenters. The average Bonchev–Trinajstić information content (AvgIpc) is 2.53. The summed E-state index contributed by atoms with van der Waals surface area (Å²) in [5.41, 5.74) is 0.993. The molecular weight excluding hydrogens is 313 g/mol. The first kappa shape index (κ1) is 18.9. The van der Waals surface area contributed by atoms with E-state index in [2.05, 4.69) is 23.8 Å². The quantitative estimate of drug-likeness (QED) is 0.503. The van der Waals surface area contributed by atoms with Gasteiger partial charge in [0.2, 0.25) is 0 Å². The van der Waals surface area contributed by atoms with Crippen LogP contribution in [0.15, 0.2) is 36.4 Å². The summed E-state index contributed by atoms with van der Waals surface area (Å²) in [5.74, 6) is 1.57. The molecule has 0 radical (unpaired) electrons. The van der Waals surface area contributed by atoms with Crippen molar-refractivity contribution in [1.29, 1.82) is 0 Å². The number of hydrogen-bond donors (Lipinski definition) is 0. The molecule has 134 valence electrons. The van der Waals surface area contributed by atoms with Crippen LogP contribution in [0.1, 0.15) is 57.4 Å². The molecule has 1 saturated carbocycles. The maximum Gasteiger partial charge on any atom is 0.573 e. The fourth-order valence-corrected chi connectivity index (χ4v) is 3.50. The Balaban J connectivity index is 1.69. The molecule has 0 bridgehead atoms. The van der Waals surface area contributed by atoms with E-state index in [1.807, 2.05) is 0 Å². The molecule has 0 N–H and O–H groups in total. The van der Waals surface area contributed by atoms with Crippen molar-refractivity contribution >= 4 is 0 Å². The zero-order chi connectivity index (χ0) is 17.4. The second-order valence-corrected chi connectivity index (χ2v) is 6.78. The fraction of sp³-hybridized carbons (Fsp3) is 0.600. The molecule has 4 heteroatoms. The van der Waals surface area contributed by atoms with Crippen LogP contribution >= 0.6 is 0 Å². The first-order valence-electron chi connectivity index (χ1n) is 8.96. The summed E-state index contributed by atoms with van der Waals surface area (Å²) >= 11 is 0. The van der Waals surface area contributed by atoms with Crippen LogP contribution in [0.25, 0.3) is 0 Å². The van der Waals surface area contributed by atoms with Crippen molar-refractivity contribution in [2.75, 3.05) is 0 Å². The van der Waals surface area contributed by atoms with Crippen molar-refractivity contribution in [1.82, 2.24) is 0 Å². The van der Waals surface area contributed by atoms with E-state index in [-0.39, 0.29) is 5.75 Å². The fourth-order valence-electron chi connectivity index (χ4n) is 3.50. The minimum absolute atomic E-state index is 0.168. The Morgan fingerprint density at radius 3 is 2.21 bits per heavy atom. The second-order valence-electron chi connectivity index (χ2n) is 6.78. The molecule has 1 aromatic carbocycles. The minimum atomic E-state index is -4.63. The van der Waals surface area contributed by atoms with Gasteiger partial charge in [-0.3, -0.25) is 0 Å². The van der Waals surface area contributed by atoms with Gasteiger partial charge in [-0.05, 0) is 55.2 Å². The van der Waals surface area contributed by atoms with E-state index in [1.165, 1.54) is 50.7 Å². The maximum absolute atomic E-state index is 12.1. The molecule has 1 fully saturated rings. The molecule has 0 amide bonds. The Morgan fingerprint density at radius 2 is 1.62 bits per heavy atom. The zero-order valence-electron chi connectivity index (χ0n) is 14.3. The molecule has 0 atom stereocenters. The molecule has 2 rings (SSSR count).